The van der Waals surface area contributed by atoms with E-state index in [2.05, 4.69) is 10.1 Å². The van der Waals surface area contributed by atoms with Crippen LogP contribution in [0.2, 0.25) is 5.02 Å². The van der Waals surface area contributed by atoms with Crippen LogP contribution in [0.15, 0.2) is 78.9 Å². The Morgan fingerprint density at radius 2 is 1.70 bits per heavy atom. The van der Waals surface area contributed by atoms with Gasteiger partial charge in [0.1, 0.15) is 35.3 Å². The molecule has 47 heavy (non-hydrogen) atoms. The number of carbonyl (C=O) groups excluding carboxylic acids is 1. The topological polar surface area (TPSA) is 140 Å². The molecule has 11 nitrogen and oxygen atoms in total. The van der Waals surface area contributed by atoms with Crippen molar-refractivity contribution in [2.24, 2.45) is 0 Å². The van der Waals surface area contributed by atoms with E-state index >= 15 is 0 Å². The number of hydrogen-bond acceptors (Lipinski definition) is 9. The van der Waals surface area contributed by atoms with Crippen molar-refractivity contribution < 1.29 is 27.9 Å². The van der Waals surface area contributed by atoms with Crippen molar-refractivity contribution in [3.8, 4) is 5.75 Å². The van der Waals surface area contributed by atoms with Crippen LogP contribution in [-0.4, -0.2) is 38.8 Å². The van der Waals surface area contributed by atoms with Crippen molar-refractivity contribution in [3.63, 3.8) is 0 Å². The number of hydrogen-bond donors (Lipinski definition) is 2. The van der Waals surface area contributed by atoms with Gasteiger partial charge in [0.15, 0.2) is 5.82 Å². The number of nitrogens with one attached hydrogen (secondary N) is 1. The SMILES string of the molecule is CCOCc1nc2c(N)nc3ccccc3c2n1C[C@@H](C)O[P@@](=O)(N[C@H](C(=O)OC(C)(C)C)c1ccccc1)Oc1ccc(Cl)cc1. The Labute approximate surface area is 278 Å². The predicted molar refractivity (Wildman–Crippen MR) is 183 cm³/mol. The van der Waals surface area contributed by atoms with Crippen LogP contribution in [0.1, 0.15) is 52.0 Å². The number of para-hydroxylation sites is 1. The summed E-state index contributed by atoms with van der Waals surface area (Å²) in [6, 6.07) is 21.6. The highest BCUT2D eigenvalue weighted by Crippen LogP contribution is 2.48. The smallest absolute Gasteiger partial charge is 0.459 e. The molecule has 3 atom stereocenters. The summed E-state index contributed by atoms with van der Waals surface area (Å²) in [5.41, 5.74) is 8.05. The molecule has 0 aliphatic carbocycles. The number of esters is 1. The van der Waals surface area contributed by atoms with E-state index in [1.165, 1.54) is 0 Å². The maximum absolute atomic E-state index is 14.8. The van der Waals surface area contributed by atoms with E-state index in [-0.39, 0.29) is 24.7 Å². The van der Waals surface area contributed by atoms with Gasteiger partial charge >= 0.3 is 13.7 Å². The largest absolute Gasteiger partial charge is 0.460 e. The van der Waals surface area contributed by atoms with Crippen LogP contribution in [0.3, 0.4) is 0 Å². The van der Waals surface area contributed by atoms with Crippen molar-refractivity contribution in [3.05, 3.63) is 95.3 Å². The molecule has 0 aliphatic rings. The highest BCUT2D eigenvalue weighted by Gasteiger charge is 2.38. The monoisotopic (exact) mass is 679 g/mol. The summed E-state index contributed by atoms with van der Waals surface area (Å²) in [4.78, 5) is 22.9. The van der Waals surface area contributed by atoms with Gasteiger partial charge in [-0.3, -0.25) is 4.52 Å². The van der Waals surface area contributed by atoms with Crippen LogP contribution in [0.4, 0.5) is 5.82 Å². The lowest BCUT2D eigenvalue weighted by Gasteiger charge is -2.29. The van der Waals surface area contributed by atoms with Gasteiger partial charge in [-0.2, -0.15) is 5.09 Å². The van der Waals surface area contributed by atoms with Crippen molar-refractivity contribution in [1.29, 1.82) is 0 Å². The fraction of sp³-hybridized carbons (Fsp3) is 0.324. The number of rotatable bonds is 13. The van der Waals surface area contributed by atoms with Gasteiger partial charge in [0.25, 0.3) is 0 Å². The molecule has 0 unspecified atom stereocenters. The molecule has 3 aromatic carbocycles. The Morgan fingerprint density at radius 3 is 2.38 bits per heavy atom. The Balaban J connectivity index is 1.54. The standard InChI is InChI=1S/C34H39ClN5O6P/c1-6-43-21-28-38-30-31(26-14-10-11-15-27(26)37-32(30)36)40(28)20-22(2)45-47(42,46-25-18-16-24(35)17-19-25)39-29(23-12-8-7-9-13-23)33(41)44-34(3,4)5/h7-19,22,29H,6,20-21H2,1-5H3,(H2,36,37)(H,39,42)/t22-,29+,47+/m1/s1. The lowest BCUT2D eigenvalue weighted by atomic mass is 10.1. The molecule has 0 spiro atoms. The molecule has 0 saturated carbocycles. The molecule has 0 amide bonds. The van der Waals surface area contributed by atoms with Crippen LogP contribution in [0.5, 0.6) is 5.75 Å². The van der Waals surface area contributed by atoms with Gasteiger partial charge in [-0.05, 0) is 70.5 Å². The molecule has 3 N–H and O–H groups in total. The Kier molecular flexibility index (Phi) is 10.5. The fourth-order valence-corrected chi connectivity index (χ4v) is 6.87. The molecule has 248 valence electrons. The molecule has 0 radical (unpaired) electrons. The second-order valence-electron chi connectivity index (χ2n) is 12.0. The first-order valence-corrected chi connectivity index (χ1v) is 17.2. The molecular weight excluding hydrogens is 641 g/mol. The molecule has 0 saturated heterocycles. The number of anilines is 1. The normalized spacial score (nSPS) is 14.5. The molecule has 13 heteroatoms. The van der Waals surface area contributed by atoms with Crippen LogP contribution in [0, 0.1) is 0 Å². The van der Waals surface area contributed by atoms with E-state index in [9.17, 15) is 9.36 Å². The summed E-state index contributed by atoms with van der Waals surface area (Å²) >= 11 is 6.10. The third kappa shape index (κ3) is 8.49. The molecule has 0 aliphatic heterocycles. The third-order valence-electron chi connectivity index (χ3n) is 6.98. The van der Waals surface area contributed by atoms with Gasteiger partial charge < -0.3 is 24.3 Å². The quantitative estimate of drug-likeness (QED) is 0.0943. The van der Waals surface area contributed by atoms with Crippen LogP contribution >= 0.6 is 19.3 Å². The average Bonchev–Trinajstić information content (AvgIpc) is 3.38. The first kappa shape index (κ1) is 34.3. The second kappa shape index (κ2) is 14.4. The number of halogens is 1. The number of benzene rings is 3. The number of nitrogens with two attached hydrogens (primary N) is 1. The molecule has 2 aromatic heterocycles. The second-order valence-corrected chi connectivity index (χ2v) is 14.0. The van der Waals surface area contributed by atoms with Gasteiger partial charge in [0.05, 0.1) is 23.7 Å². The summed E-state index contributed by atoms with van der Waals surface area (Å²) in [7, 11) is -4.32. The number of nitrogen functional groups attached to an aromatic ring is 1. The van der Waals surface area contributed by atoms with Gasteiger partial charge in [-0.25, -0.2) is 19.3 Å². The zero-order valence-electron chi connectivity index (χ0n) is 27.0. The summed E-state index contributed by atoms with van der Waals surface area (Å²) in [6.07, 6.45) is -0.748. The molecule has 5 aromatic rings. The minimum absolute atomic E-state index is 0.185. The van der Waals surface area contributed by atoms with E-state index < -0.39 is 31.5 Å². The van der Waals surface area contributed by atoms with Gasteiger partial charge in [0.2, 0.25) is 0 Å². The Bertz CT molecular complexity index is 1900. The van der Waals surface area contributed by atoms with Crippen molar-refractivity contribution in [2.75, 3.05) is 12.3 Å². The van der Waals surface area contributed by atoms with Crippen LogP contribution < -0.4 is 15.3 Å². The zero-order chi connectivity index (χ0) is 33.8. The maximum Gasteiger partial charge on any atom is 0.460 e. The summed E-state index contributed by atoms with van der Waals surface area (Å²) in [5.74, 6) is 0.460. The first-order valence-electron chi connectivity index (χ1n) is 15.3. The van der Waals surface area contributed by atoms with Crippen LogP contribution in [-0.2, 0) is 36.5 Å². The molecular formula is C34H39ClN5O6P. The van der Waals surface area contributed by atoms with Gasteiger partial charge in [0, 0.05) is 17.0 Å². The average molecular weight is 680 g/mol. The van der Waals surface area contributed by atoms with E-state index in [0.29, 0.717) is 34.1 Å². The Hall–Kier alpha value is -3.99. The minimum Gasteiger partial charge on any atom is -0.459 e. The Morgan fingerprint density at radius 1 is 1.02 bits per heavy atom. The van der Waals surface area contributed by atoms with E-state index in [1.54, 1.807) is 76.2 Å². The minimum atomic E-state index is -4.32. The van der Waals surface area contributed by atoms with Crippen molar-refractivity contribution >= 4 is 53.1 Å². The molecule has 5 rings (SSSR count). The third-order valence-corrected chi connectivity index (χ3v) is 8.90. The highest BCUT2D eigenvalue weighted by molar-refractivity contribution is 7.52. The maximum atomic E-state index is 14.8. The lowest BCUT2D eigenvalue weighted by Crippen LogP contribution is -2.35. The zero-order valence-corrected chi connectivity index (χ0v) is 28.6. The first-order chi connectivity index (χ1) is 22.4. The fourth-order valence-electron chi connectivity index (χ4n) is 5.07. The van der Waals surface area contributed by atoms with Crippen molar-refractivity contribution in [2.45, 2.75) is 65.5 Å². The summed E-state index contributed by atoms with van der Waals surface area (Å²) < 4.78 is 40.5. The lowest BCUT2D eigenvalue weighted by molar-refractivity contribution is -0.157. The number of aromatic nitrogens is 3. The molecule has 0 fully saturated rings. The van der Waals surface area contributed by atoms with Crippen molar-refractivity contribution in [1.82, 2.24) is 19.6 Å². The van der Waals surface area contributed by atoms with E-state index in [0.717, 1.165) is 10.9 Å². The highest BCUT2D eigenvalue weighted by atomic mass is 35.5. The molecule has 0 bridgehead atoms. The number of imidazole rings is 1. The number of fused-ring (bicyclic) bond motifs is 3. The van der Waals surface area contributed by atoms with E-state index in [1.807, 2.05) is 41.8 Å². The van der Waals surface area contributed by atoms with Gasteiger partial charge in [-0.15, -0.1) is 0 Å². The number of pyridine rings is 1. The predicted octanol–water partition coefficient (Wildman–Crippen LogP) is 7.62. The molecule has 2 heterocycles. The summed E-state index contributed by atoms with van der Waals surface area (Å²) in [5, 5.41) is 4.20. The summed E-state index contributed by atoms with van der Waals surface area (Å²) in [6.45, 7) is 9.80. The van der Waals surface area contributed by atoms with E-state index in [4.69, 9.17) is 40.8 Å². The number of nitrogens with zero attached hydrogens (tertiary/aromatic N) is 3. The number of carbonyl (C=O) groups is 1. The number of ether oxygens (including phenoxy) is 2. The van der Waals surface area contributed by atoms with Gasteiger partial charge in [-0.1, -0.05) is 60.1 Å². The van der Waals surface area contributed by atoms with Crippen LogP contribution in [0.25, 0.3) is 21.9 Å².